The van der Waals surface area contributed by atoms with Crippen LogP contribution < -0.4 is 4.72 Å². The number of hydrogen-bond acceptors (Lipinski definition) is 5. The highest BCUT2D eigenvalue weighted by atomic mass is 32.2. The molecule has 0 saturated heterocycles. The molecule has 1 aliphatic heterocycles. The summed E-state index contributed by atoms with van der Waals surface area (Å²) in [5, 5.41) is 9.08. The van der Waals surface area contributed by atoms with Gasteiger partial charge in [-0.1, -0.05) is 24.3 Å². The summed E-state index contributed by atoms with van der Waals surface area (Å²) in [4.78, 5) is 25.5. The maximum atomic E-state index is 12.6. The fourth-order valence-electron chi connectivity index (χ4n) is 2.81. The van der Waals surface area contributed by atoms with Gasteiger partial charge in [0.2, 0.25) is 5.09 Å². The van der Waals surface area contributed by atoms with Gasteiger partial charge in [-0.05, 0) is 30.3 Å². The Labute approximate surface area is 144 Å². The predicted octanol–water partition coefficient (Wildman–Crippen LogP) is 1.01. The number of aliphatic carboxylic acids is 1. The molecule has 0 spiro atoms. The van der Waals surface area contributed by atoms with Crippen molar-refractivity contribution >= 4 is 21.9 Å². The van der Waals surface area contributed by atoms with E-state index in [-0.39, 0.29) is 23.9 Å². The predicted molar refractivity (Wildman–Crippen MR) is 86.5 cm³/mol. The Morgan fingerprint density at radius 2 is 1.96 bits per heavy atom. The molecule has 0 radical (unpaired) electrons. The molecule has 1 aromatic carbocycles. The molecule has 132 valence electrons. The second-order valence-corrected chi connectivity index (χ2v) is 7.42. The third kappa shape index (κ3) is 3.15. The van der Waals surface area contributed by atoms with Crippen molar-refractivity contribution in [2.24, 2.45) is 0 Å². The molecule has 1 unspecified atom stereocenters. The maximum absolute atomic E-state index is 12.6. The Morgan fingerprint density at radius 3 is 2.64 bits per heavy atom. The zero-order chi connectivity index (χ0) is 18.2. The van der Waals surface area contributed by atoms with Gasteiger partial charge in [0.15, 0.2) is 5.76 Å². The lowest BCUT2D eigenvalue weighted by molar-refractivity contribution is -0.139. The summed E-state index contributed by atoms with van der Waals surface area (Å²) in [5.74, 6) is -2.58. The Balaban J connectivity index is 1.90. The van der Waals surface area contributed by atoms with Crippen molar-refractivity contribution < 1.29 is 27.5 Å². The molecule has 0 bridgehead atoms. The van der Waals surface area contributed by atoms with Crippen molar-refractivity contribution in [3.63, 3.8) is 0 Å². The van der Waals surface area contributed by atoms with Crippen LogP contribution in [0.2, 0.25) is 0 Å². The number of sulfonamides is 1. The molecule has 1 aromatic heterocycles. The van der Waals surface area contributed by atoms with E-state index in [0.717, 1.165) is 5.56 Å². The van der Waals surface area contributed by atoms with Gasteiger partial charge in [0.1, 0.15) is 0 Å². The van der Waals surface area contributed by atoms with E-state index in [1.165, 1.54) is 24.1 Å². The summed E-state index contributed by atoms with van der Waals surface area (Å²) in [6.45, 7) is 0.216. The van der Waals surface area contributed by atoms with E-state index >= 15 is 0 Å². The molecule has 8 nitrogen and oxygen atoms in total. The van der Waals surface area contributed by atoms with Crippen molar-refractivity contribution in [1.29, 1.82) is 0 Å². The second-order valence-electron chi connectivity index (χ2n) is 5.60. The first-order valence-corrected chi connectivity index (χ1v) is 8.95. The smallest absolute Gasteiger partial charge is 0.312 e. The molecule has 25 heavy (non-hydrogen) atoms. The largest absolute Gasteiger partial charge is 0.481 e. The van der Waals surface area contributed by atoms with E-state index in [9.17, 15) is 23.1 Å². The molecule has 1 aliphatic rings. The monoisotopic (exact) mass is 364 g/mol. The van der Waals surface area contributed by atoms with Crippen LogP contribution in [0.1, 0.15) is 27.6 Å². The molecule has 0 aliphatic carbocycles. The minimum Gasteiger partial charge on any atom is -0.481 e. The molecule has 3 rings (SSSR count). The lowest BCUT2D eigenvalue weighted by atomic mass is 9.89. The molecule has 0 fully saturated rings. The van der Waals surface area contributed by atoms with Gasteiger partial charge in [-0.2, -0.15) is 0 Å². The van der Waals surface area contributed by atoms with Gasteiger partial charge in [-0.25, -0.2) is 13.1 Å². The third-order valence-corrected chi connectivity index (χ3v) is 5.39. The molecular formula is C16H16N2O6S. The fourth-order valence-corrected chi connectivity index (χ4v) is 3.46. The van der Waals surface area contributed by atoms with Gasteiger partial charge in [-0.3, -0.25) is 9.59 Å². The number of amides is 1. The first-order chi connectivity index (χ1) is 11.8. The first kappa shape index (κ1) is 17.2. The van der Waals surface area contributed by atoms with Crippen LogP contribution in [0.25, 0.3) is 0 Å². The highest BCUT2D eigenvalue weighted by Gasteiger charge is 2.34. The van der Waals surface area contributed by atoms with Gasteiger partial charge in [0.05, 0.1) is 5.92 Å². The number of nitrogens with one attached hydrogen (secondary N) is 1. The number of carboxylic acids is 1. The standard InChI is InChI=1S/C16H16N2O6S/c1-17-25(22,23)14-7-6-13(24-14)15(19)18-8-10-4-2-3-5-11(10)12(9-18)16(20)21/h2-7,12,17H,8-9H2,1H3,(H,20,21). The van der Waals surface area contributed by atoms with Crippen LogP contribution in [-0.4, -0.2) is 43.9 Å². The fraction of sp³-hybridized carbons (Fsp3) is 0.250. The molecule has 1 atom stereocenters. The molecule has 2 aromatic rings. The van der Waals surface area contributed by atoms with Gasteiger partial charge in [0.25, 0.3) is 15.9 Å². The Kier molecular flexibility index (Phi) is 4.36. The average Bonchev–Trinajstić information content (AvgIpc) is 3.11. The highest BCUT2D eigenvalue weighted by molar-refractivity contribution is 7.89. The minimum absolute atomic E-state index is 0.0139. The van der Waals surface area contributed by atoms with Gasteiger partial charge in [-0.15, -0.1) is 0 Å². The number of furan rings is 1. The van der Waals surface area contributed by atoms with Crippen LogP contribution in [-0.2, 0) is 21.4 Å². The molecule has 0 saturated carbocycles. The van der Waals surface area contributed by atoms with Crippen LogP contribution >= 0.6 is 0 Å². The van der Waals surface area contributed by atoms with Crippen LogP contribution in [0, 0.1) is 0 Å². The quantitative estimate of drug-likeness (QED) is 0.836. The Hall–Kier alpha value is -2.65. The number of hydrogen-bond donors (Lipinski definition) is 2. The Morgan fingerprint density at radius 1 is 1.24 bits per heavy atom. The number of carbonyl (C=O) groups is 2. The third-order valence-electron chi connectivity index (χ3n) is 4.11. The van der Waals surface area contributed by atoms with Crippen molar-refractivity contribution in [2.75, 3.05) is 13.6 Å². The van der Waals surface area contributed by atoms with Gasteiger partial charge < -0.3 is 14.4 Å². The normalized spacial score (nSPS) is 17.2. The number of carboxylic acid groups (broad SMARTS) is 1. The number of rotatable bonds is 4. The second kappa shape index (κ2) is 6.34. The number of fused-ring (bicyclic) bond motifs is 1. The van der Waals surface area contributed by atoms with Gasteiger partial charge >= 0.3 is 5.97 Å². The maximum Gasteiger partial charge on any atom is 0.312 e. The lowest BCUT2D eigenvalue weighted by Crippen LogP contribution is -2.40. The average molecular weight is 364 g/mol. The summed E-state index contributed by atoms with van der Waals surface area (Å²) >= 11 is 0. The Bertz CT molecular complexity index is 934. The number of benzene rings is 1. The van der Waals surface area contributed by atoms with Crippen molar-refractivity contribution in [3.05, 3.63) is 53.3 Å². The lowest BCUT2D eigenvalue weighted by Gasteiger charge is -2.32. The number of nitrogens with zero attached hydrogens (tertiary/aromatic N) is 1. The topological polar surface area (TPSA) is 117 Å². The van der Waals surface area contributed by atoms with Crippen molar-refractivity contribution in [2.45, 2.75) is 17.6 Å². The molecule has 1 amide bonds. The summed E-state index contributed by atoms with van der Waals surface area (Å²) in [6, 6.07) is 9.49. The SMILES string of the molecule is CNS(=O)(=O)c1ccc(C(=O)N2Cc3ccccc3C(C(=O)O)C2)o1. The van der Waals surface area contributed by atoms with E-state index < -0.39 is 27.8 Å². The van der Waals surface area contributed by atoms with E-state index in [4.69, 9.17) is 4.42 Å². The molecule has 2 N–H and O–H groups in total. The summed E-state index contributed by atoms with van der Waals surface area (Å²) < 4.78 is 30.7. The summed E-state index contributed by atoms with van der Waals surface area (Å²) in [7, 11) is -2.56. The van der Waals surface area contributed by atoms with E-state index in [2.05, 4.69) is 4.72 Å². The highest BCUT2D eigenvalue weighted by Crippen LogP contribution is 2.29. The summed E-state index contributed by atoms with van der Waals surface area (Å²) in [5.41, 5.74) is 1.42. The van der Waals surface area contributed by atoms with E-state index in [1.54, 1.807) is 24.3 Å². The van der Waals surface area contributed by atoms with Crippen LogP contribution in [0.15, 0.2) is 45.9 Å². The van der Waals surface area contributed by atoms with Crippen LogP contribution in [0.5, 0.6) is 0 Å². The zero-order valence-corrected chi connectivity index (χ0v) is 14.1. The molecular weight excluding hydrogens is 348 g/mol. The van der Waals surface area contributed by atoms with E-state index in [0.29, 0.717) is 5.56 Å². The van der Waals surface area contributed by atoms with Crippen molar-refractivity contribution in [3.8, 4) is 0 Å². The van der Waals surface area contributed by atoms with E-state index in [1.807, 2.05) is 0 Å². The van der Waals surface area contributed by atoms with Crippen molar-refractivity contribution in [1.82, 2.24) is 9.62 Å². The number of carbonyl (C=O) groups excluding carboxylic acids is 1. The zero-order valence-electron chi connectivity index (χ0n) is 13.3. The summed E-state index contributed by atoms with van der Waals surface area (Å²) in [6.07, 6.45) is 0. The molecule has 9 heteroatoms. The van der Waals surface area contributed by atoms with Crippen LogP contribution in [0.4, 0.5) is 0 Å². The molecule has 2 heterocycles. The van der Waals surface area contributed by atoms with Crippen LogP contribution in [0.3, 0.4) is 0 Å². The van der Waals surface area contributed by atoms with Gasteiger partial charge in [0, 0.05) is 13.1 Å². The first-order valence-electron chi connectivity index (χ1n) is 7.46. The minimum atomic E-state index is -3.80.